The Morgan fingerprint density at radius 3 is 1.96 bits per heavy atom. The number of phenolic OH excluding ortho intramolecular Hbond substituents is 1. The van der Waals surface area contributed by atoms with E-state index >= 15 is 0 Å². The lowest BCUT2D eigenvalue weighted by atomic mass is 9.52. The molecule has 252 valence electrons. The van der Waals surface area contributed by atoms with Crippen molar-refractivity contribution in [3.63, 3.8) is 0 Å². The number of phenols is 1. The number of likely N-dealkylation sites (tertiary alicyclic amines) is 2. The third-order valence-electron chi connectivity index (χ3n) is 14.4. The van der Waals surface area contributed by atoms with E-state index in [-0.39, 0.29) is 48.5 Å². The van der Waals surface area contributed by atoms with Crippen LogP contribution in [0.25, 0.3) is 0 Å². The van der Waals surface area contributed by atoms with E-state index in [9.17, 15) is 20.4 Å². The standard InChI is InChI=1S/C38H42N2O8/c1-39-10-8-38-24-4-6-28(43)36(38)48-34-30(38)18(12-25(24)39)17(22-15-45-16-46-32(22)34)11-20-21(14-41)19-13-26-23-3-5-27(42)35-37(23,7-9-40(26)2)29(19)33(47-35)31(20)44/h3-6,23-28,35-36,41-44H,7-16H2,1-2H3/t23-,24-,25+,26+,27-,28-,35-,36-,37-,38-/m0/s1. The van der Waals surface area contributed by atoms with E-state index in [1.807, 2.05) is 12.2 Å². The number of rotatable bonds is 3. The number of nitrogens with zero attached hydrogens (tertiary/aromatic N) is 2. The van der Waals surface area contributed by atoms with Crippen LogP contribution in [0, 0.1) is 11.8 Å². The van der Waals surface area contributed by atoms with Crippen molar-refractivity contribution in [1.29, 1.82) is 0 Å². The number of benzene rings is 2. The first-order chi connectivity index (χ1) is 23.3. The van der Waals surface area contributed by atoms with Crippen LogP contribution in [-0.4, -0.2) is 101 Å². The van der Waals surface area contributed by atoms with E-state index < -0.39 is 29.8 Å². The second kappa shape index (κ2) is 9.35. The average Bonchev–Trinajstić information content (AvgIpc) is 3.63. The summed E-state index contributed by atoms with van der Waals surface area (Å²) >= 11 is 0. The zero-order valence-electron chi connectivity index (χ0n) is 27.3. The van der Waals surface area contributed by atoms with Crippen LogP contribution in [-0.2, 0) is 48.0 Å². The van der Waals surface area contributed by atoms with Crippen LogP contribution >= 0.6 is 0 Å². The number of aliphatic hydroxyl groups excluding tert-OH is 3. The summed E-state index contributed by atoms with van der Waals surface area (Å²) in [7, 11) is 4.36. The number of hydrogen-bond donors (Lipinski definition) is 4. The van der Waals surface area contributed by atoms with Crippen LogP contribution in [0.4, 0.5) is 0 Å². The normalized spacial score (nSPS) is 40.4. The Hall–Kier alpha value is -3.12. The van der Waals surface area contributed by atoms with Gasteiger partial charge in [-0.3, -0.25) is 0 Å². The summed E-state index contributed by atoms with van der Waals surface area (Å²) in [6.45, 7) is 2.05. The maximum atomic E-state index is 12.3. The van der Waals surface area contributed by atoms with Crippen LogP contribution in [0.15, 0.2) is 24.3 Å². The lowest BCUT2D eigenvalue weighted by molar-refractivity contribution is -0.0471. The minimum Gasteiger partial charge on any atom is -0.504 e. The summed E-state index contributed by atoms with van der Waals surface area (Å²) in [5.41, 5.74) is 7.00. The van der Waals surface area contributed by atoms with Crippen molar-refractivity contribution in [3.05, 3.63) is 68.8 Å². The molecule has 5 aliphatic heterocycles. The molecule has 10 atom stereocenters. The largest absolute Gasteiger partial charge is 0.504 e. The Morgan fingerprint density at radius 1 is 0.750 bits per heavy atom. The molecule has 0 saturated carbocycles. The quantitative estimate of drug-likeness (QED) is 0.366. The molecule has 2 aromatic carbocycles. The summed E-state index contributed by atoms with van der Waals surface area (Å²) in [6, 6.07) is 0.434. The highest BCUT2D eigenvalue weighted by atomic mass is 16.7. The van der Waals surface area contributed by atoms with Crippen LogP contribution in [0.1, 0.15) is 57.3 Å². The Morgan fingerprint density at radius 2 is 1.33 bits per heavy atom. The maximum absolute atomic E-state index is 12.3. The Labute approximate surface area is 279 Å². The minimum absolute atomic E-state index is 0.0679. The monoisotopic (exact) mass is 654 g/mol. The van der Waals surface area contributed by atoms with Gasteiger partial charge in [-0.1, -0.05) is 24.3 Å². The number of likely N-dealkylation sites (N-methyl/N-ethyl adjacent to an activating group) is 2. The van der Waals surface area contributed by atoms with Crippen molar-refractivity contribution >= 4 is 0 Å². The zero-order chi connectivity index (χ0) is 32.4. The summed E-state index contributed by atoms with van der Waals surface area (Å²) < 4.78 is 25.6. The van der Waals surface area contributed by atoms with Crippen molar-refractivity contribution in [3.8, 4) is 23.0 Å². The van der Waals surface area contributed by atoms with E-state index in [1.165, 1.54) is 5.56 Å². The molecule has 10 heteroatoms. The fourth-order valence-corrected chi connectivity index (χ4v) is 12.3. The summed E-state index contributed by atoms with van der Waals surface area (Å²) in [4.78, 5) is 4.86. The lowest BCUT2D eigenvalue weighted by Crippen LogP contribution is -2.65. The van der Waals surface area contributed by atoms with Crippen LogP contribution < -0.4 is 14.2 Å². The van der Waals surface area contributed by atoms with Gasteiger partial charge in [0.1, 0.15) is 24.4 Å². The molecule has 2 saturated heterocycles. The topological polar surface area (TPSA) is 124 Å². The molecule has 2 spiro atoms. The average molecular weight is 655 g/mol. The van der Waals surface area contributed by atoms with Gasteiger partial charge in [0.2, 0.25) is 0 Å². The van der Waals surface area contributed by atoms with Gasteiger partial charge < -0.3 is 49.2 Å². The van der Waals surface area contributed by atoms with E-state index in [4.69, 9.17) is 18.9 Å². The van der Waals surface area contributed by atoms with Gasteiger partial charge in [0.25, 0.3) is 0 Å². The molecule has 4 N–H and O–H groups in total. The second-order valence-corrected chi connectivity index (χ2v) is 15.9. The Kier molecular flexibility index (Phi) is 5.59. The molecule has 0 amide bonds. The highest BCUT2D eigenvalue weighted by Gasteiger charge is 2.66. The van der Waals surface area contributed by atoms with Gasteiger partial charge in [0.15, 0.2) is 29.8 Å². The third-order valence-corrected chi connectivity index (χ3v) is 14.4. The number of ether oxygens (including phenoxy) is 4. The van der Waals surface area contributed by atoms with E-state index in [1.54, 1.807) is 0 Å². The van der Waals surface area contributed by atoms with Gasteiger partial charge in [-0.15, -0.1) is 0 Å². The van der Waals surface area contributed by atoms with Crippen molar-refractivity contribution < 1.29 is 39.4 Å². The van der Waals surface area contributed by atoms with Gasteiger partial charge >= 0.3 is 0 Å². The molecule has 11 rings (SSSR count). The SMILES string of the molecule is CN1CC[C@]23c4c5c(CO)c(Cc6c7c(c8c9c6C[C@@H]6[C@@H]%10C=C[C@H](O)[C@H](O8)[C@]9%10CCN6C)OCOC7)c(O)c4O[C@H]2[C@@H](O)C=C[C@H]3[C@H]1C5. The van der Waals surface area contributed by atoms with Crippen LogP contribution in [0.2, 0.25) is 0 Å². The van der Waals surface area contributed by atoms with Gasteiger partial charge in [0, 0.05) is 63.4 Å². The highest BCUT2D eigenvalue weighted by Crippen LogP contribution is 2.66. The molecule has 4 bridgehead atoms. The van der Waals surface area contributed by atoms with Crippen LogP contribution in [0.3, 0.4) is 0 Å². The molecule has 2 fully saturated rings. The molecular weight excluding hydrogens is 612 g/mol. The van der Waals surface area contributed by atoms with Gasteiger partial charge in [-0.25, -0.2) is 0 Å². The lowest BCUT2D eigenvalue weighted by Gasteiger charge is -2.57. The molecule has 10 nitrogen and oxygen atoms in total. The molecule has 9 aliphatic rings. The zero-order valence-corrected chi connectivity index (χ0v) is 27.3. The van der Waals surface area contributed by atoms with E-state index in [0.29, 0.717) is 30.1 Å². The van der Waals surface area contributed by atoms with Gasteiger partial charge in [0.05, 0.1) is 13.2 Å². The molecule has 2 aromatic rings. The number of fused-ring (bicyclic) bond motifs is 2. The van der Waals surface area contributed by atoms with E-state index in [2.05, 4.69) is 36.0 Å². The Bertz CT molecular complexity index is 1870. The first-order valence-corrected chi connectivity index (χ1v) is 17.7. The second-order valence-electron chi connectivity index (χ2n) is 15.9. The minimum atomic E-state index is -0.775. The highest BCUT2D eigenvalue weighted by molar-refractivity contribution is 5.72. The Balaban J connectivity index is 1.15. The molecule has 0 unspecified atom stereocenters. The van der Waals surface area contributed by atoms with Crippen molar-refractivity contribution in [1.82, 2.24) is 9.80 Å². The van der Waals surface area contributed by atoms with Crippen molar-refractivity contribution in [2.24, 2.45) is 11.8 Å². The first-order valence-electron chi connectivity index (χ1n) is 17.7. The van der Waals surface area contributed by atoms with Crippen molar-refractivity contribution in [2.45, 2.75) is 92.6 Å². The summed E-state index contributed by atoms with van der Waals surface area (Å²) in [5.74, 6) is 2.35. The molecular formula is C38H42N2O8. The molecule has 5 heterocycles. The smallest absolute Gasteiger partial charge is 0.189 e. The summed E-state index contributed by atoms with van der Waals surface area (Å²) in [5, 5.41) is 46.1. The van der Waals surface area contributed by atoms with Crippen LogP contribution in [0.5, 0.6) is 23.0 Å². The molecule has 0 aromatic heterocycles. The van der Waals surface area contributed by atoms with E-state index in [0.717, 1.165) is 77.9 Å². The maximum Gasteiger partial charge on any atom is 0.189 e. The number of aromatic hydroxyl groups is 1. The summed E-state index contributed by atoms with van der Waals surface area (Å²) in [6.07, 6.45) is 9.39. The van der Waals surface area contributed by atoms with Gasteiger partial charge in [-0.2, -0.15) is 0 Å². The fraction of sp³-hybridized carbons (Fsp3) is 0.579. The fourth-order valence-electron chi connectivity index (χ4n) is 12.3. The molecule has 0 radical (unpaired) electrons. The molecule has 4 aliphatic carbocycles. The predicted molar refractivity (Wildman–Crippen MR) is 173 cm³/mol. The number of piperidine rings is 2. The predicted octanol–water partition coefficient (Wildman–Crippen LogP) is 1.95. The van der Waals surface area contributed by atoms with Crippen molar-refractivity contribution in [2.75, 3.05) is 34.0 Å². The van der Waals surface area contributed by atoms with Gasteiger partial charge in [-0.05, 0) is 75.1 Å². The number of hydrogen-bond acceptors (Lipinski definition) is 10. The first kappa shape index (κ1) is 28.7. The third kappa shape index (κ3) is 3.10. The number of aliphatic hydroxyl groups is 3. The molecule has 48 heavy (non-hydrogen) atoms.